The minimum Gasteiger partial charge on any atom is -0.461 e. The van der Waals surface area contributed by atoms with Crippen molar-refractivity contribution in [2.24, 2.45) is 0 Å². The predicted molar refractivity (Wildman–Crippen MR) is 46.9 cm³/mol. The summed E-state index contributed by atoms with van der Waals surface area (Å²) in [6, 6.07) is 2.45. The third kappa shape index (κ3) is 3.22. The molecule has 88 valence electrons. The van der Waals surface area contributed by atoms with Crippen molar-refractivity contribution in [1.82, 2.24) is 0 Å². The lowest BCUT2D eigenvalue weighted by Crippen LogP contribution is -2.09. The fourth-order valence-corrected chi connectivity index (χ4v) is 1.06. The fraction of sp³-hybridized carbons (Fsp3) is 0.300. The molecule has 0 aromatic heterocycles. The summed E-state index contributed by atoms with van der Waals surface area (Å²) < 4.78 is 54.2. The van der Waals surface area contributed by atoms with Gasteiger partial charge >= 0.3 is 12.1 Å². The van der Waals surface area contributed by atoms with Gasteiger partial charge in [-0.1, -0.05) is 6.07 Å². The van der Waals surface area contributed by atoms with Crippen molar-refractivity contribution in [2.75, 3.05) is 0 Å². The van der Waals surface area contributed by atoms with Gasteiger partial charge in [0.15, 0.2) is 0 Å². The molecule has 0 aliphatic heterocycles. The summed E-state index contributed by atoms with van der Waals surface area (Å²) in [5.74, 6) is -1.96. The highest BCUT2D eigenvalue weighted by molar-refractivity contribution is 5.65. The Labute approximate surface area is 88.8 Å². The van der Waals surface area contributed by atoms with Crippen LogP contribution < -0.4 is 0 Å². The Balaban J connectivity index is 2.94. The van der Waals surface area contributed by atoms with Crippen molar-refractivity contribution in [3.05, 3.63) is 35.1 Å². The first-order chi connectivity index (χ1) is 7.30. The molecule has 16 heavy (non-hydrogen) atoms. The average molecular weight is 236 g/mol. The third-order valence-corrected chi connectivity index (χ3v) is 1.78. The average Bonchev–Trinajstić information content (AvgIpc) is 2.14. The van der Waals surface area contributed by atoms with Gasteiger partial charge in [0.1, 0.15) is 12.4 Å². The van der Waals surface area contributed by atoms with Crippen LogP contribution in [0.25, 0.3) is 0 Å². The molecule has 0 unspecified atom stereocenters. The van der Waals surface area contributed by atoms with Crippen molar-refractivity contribution in [1.29, 1.82) is 0 Å². The van der Waals surface area contributed by atoms with E-state index in [4.69, 9.17) is 0 Å². The van der Waals surface area contributed by atoms with Crippen LogP contribution >= 0.6 is 0 Å². The SMILES string of the molecule is CC(=O)OCc1ccc(F)c(C(F)(F)F)c1. The molecule has 0 heterocycles. The lowest BCUT2D eigenvalue weighted by Gasteiger charge is -2.09. The molecule has 0 amide bonds. The number of ether oxygens (including phenoxy) is 1. The van der Waals surface area contributed by atoms with E-state index in [9.17, 15) is 22.4 Å². The topological polar surface area (TPSA) is 26.3 Å². The van der Waals surface area contributed by atoms with Crippen LogP contribution in [0.15, 0.2) is 18.2 Å². The van der Waals surface area contributed by atoms with Crippen LogP contribution in [-0.2, 0) is 22.3 Å². The highest BCUT2D eigenvalue weighted by Gasteiger charge is 2.34. The molecule has 1 aromatic carbocycles. The minimum atomic E-state index is -4.75. The minimum absolute atomic E-state index is 0.0870. The van der Waals surface area contributed by atoms with Crippen molar-refractivity contribution >= 4 is 5.97 Å². The van der Waals surface area contributed by atoms with Crippen LogP contribution in [0, 0.1) is 5.82 Å². The first-order valence-corrected chi connectivity index (χ1v) is 4.29. The third-order valence-electron chi connectivity index (χ3n) is 1.78. The fourth-order valence-electron chi connectivity index (χ4n) is 1.06. The van der Waals surface area contributed by atoms with E-state index in [1.807, 2.05) is 0 Å². The van der Waals surface area contributed by atoms with E-state index in [0.29, 0.717) is 12.1 Å². The Hall–Kier alpha value is -1.59. The Morgan fingerprint density at radius 3 is 2.50 bits per heavy atom. The molecule has 6 heteroatoms. The second-order valence-electron chi connectivity index (χ2n) is 3.09. The zero-order valence-corrected chi connectivity index (χ0v) is 8.27. The molecule has 1 aromatic rings. The Morgan fingerprint density at radius 1 is 1.38 bits per heavy atom. The molecule has 0 bridgehead atoms. The number of carbonyl (C=O) groups excluding carboxylic acids is 1. The summed E-state index contributed by atoms with van der Waals surface area (Å²) in [5, 5.41) is 0. The lowest BCUT2D eigenvalue weighted by atomic mass is 10.1. The molecule has 0 radical (unpaired) electrons. The second-order valence-corrected chi connectivity index (χ2v) is 3.09. The quantitative estimate of drug-likeness (QED) is 0.583. The normalized spacial score (nSPS) is 11.3. The van der Waals surface area contributed by atoms with Crippen LogP contribution in [0.2, 0.25) is 0 Å². The van der Waals surface area contributed by atoms with Crippen molar-refractivity contribution in [3.63, 3.8) is 0 Å². The predicted octanol–water partition coefficient (Wildman–Crippen LogP) is 2.91. The monoisotopic (exact) mass is 236 g/mol. The summed E-state index contributed by atoms with van der Waals surface area (Å²) in [4.78, 5) is 10.4. The summed E-state index contributed by atoms with van der Waals surface area (Å²) in [5.41, 5.74) is -1.28. The lowest BCUT2D eigenvalue weighted by molar-refractivity contribution is -0.142. The van der Waals surface area contributed by atoms with Gasteiger partial charge in [-0.15, -0.1) is 0 Å². The van der Waals surface area contributed by atoms with Crippen molar-refractivity contribution in [3.8, 4) is 0 Å². The van der Waals surface area contributed by atoms with Gasteiger partial charge in [0.05, 0.1) is 5.56 Å². The van der Waals surface area contributed by atoms with Gasteiger partial charge in [-0.3, -0.25) is 4.79 Å². The molecule has 0 saturated carbocycles. The van der Waals surface area contributed by atoms with E-state index in [1.165, 1.54) is 0 Å². The zero-order chi connectivity index (χ0) is 12.3. The molecule has 0 atom stereocenters. The number of hydrogen-bond acceptors (Lipinski definition) is 2. The van der Waals surface area contributed by atoms with Gasteiger partial charge in [-0.2, -0.15) is 13.2 Å². The van der Waals surface area contributed by atoms with Crippen LogP contribution in [0.5, 0.6) is 0 Å². The van der Waals surface area contributed by atoms with E-state index in [2.05, 4.69) is 4.74 Å². The maximum absolute atomic E-state index is 12.8. The molecule has 1 rings (SSSR count). The molecule has 0 spiro atoms. The highest BCUT2D eigenvalue weighted by atomic mass is 19.4. The highest BCUT2D eigenvalue weighted by Crippen LogP contribution is 2.31. The number of hydrogen-bond donors (Lipinski definition) is 0. The summed E-state index contributed by atoms with van der Waals surface area (Å²) in [7, 11) is 0. The first kappa shape index (κ1) is 12.5. The van der Waals surface area contributed by atoms with E-state index in [-0.39, 0.29) is 12.2 Å². The number of carbonyl (C=O) groups is 1. The molecule has 0 fully saturated rings. The zero-order valence-electron chi connectivity index (χ0n) is 8.27. The maximum atomic E-state index is 12.8. The summed E-state index contributed by atoms with van der Waals surface area (Å²) in [6.45, 7) is 0.826. The van der Waals surface area contributed by atoms with E-state index in [0.717, 1.165) is 13.0 Å². The van der Waals surface area contributed by atoms with Gasteiger partial charge < -0.3 is 4.74 Å². The van der Waals surface area contributed by atoms with Crippen LogP contribution in [0.1, 0.15) is 18.1 Å². The molecule has 0 saturated heterocycles. The largest absolute Gasteiger partial charge is 0.461 e. The number of esters is 1. The molecule has 2 nitrogen and oxygen atoms in total. The summed E-state index contributed by atoms with van der Waals surface area (Å²) in [6.07, 6.45) is -4.75. The van der Waals surface area contributed by atoms with Crippen LogP contribution in [-0.4, -0.2) is 5.97 Å². The Bertz CT molecular complexity index is 398. The number of rotatable bonds is 2. The maximum Gasteiger partial charge on any atom is 0.419 e. The van der Waals surface area contributed by atoms with Gasteiger partial charge in [-0.25, -0.2) is 4.39 Å². The van der Waals surface area contributed by atoms with Crippen LogP contribution in [0.4, 0.5) is 17.6 Å². The van der Waals surface area contributed by atoms with E-state index >= 15 is 0 Å². The van der Waals surface area contributed by atoms with Crippen molar-refractivity contribution < 1.29 is 27.1 Å². The van der Waals surface area contributed by atoms with E-state index < -0.39 is 23.5 Å². The second kappa shape index (κ2) is 4.51. The van der Waals surface area contributed by atoms with Crippen molar-refractivity contribution in [2.45, 2.75) is 19.7 Å². The van der Waals surface area contributed by atoms with Gasteiger partial charge in [0, 0.05) is 6.92 Å². The van der Waals surface area contributed by atoms with Crippen LogP contribution in [0.3, 0.4) is 0 Å². The molecular formula is C10H8F4O2. The standard InChI is InChI=1S/C10H8F4O2/c1-6(15)16-5-7-2-3-9(11)8(4-7)10(12,13)14/h2-4H,5H2,1H3. The van der Waals surface area contributed by atoms with E-state index in [1.54, 1.807) is 0 Å². The Morgan fingerprint density at radius 2 is 2.00 bits per heavy atom. The number of benzene rings is 1. The Kier molecular flexibility index (Phi) is 3.51. The van der Waals surface area contributed by atoms with Gasteiger partial charge in [0.25, 0.3) is 0 Å². The molecule has 0 aliphatic carbocycles. The summed E-state index contributed by atoms with van der Waals surface area (Å²) >= 11 is 0. The molecular weight excluding hydrogens is 228 g/mol. The van der Waals surface area contributed by atoms with Gasteiger partial charge in [0.2, 0.25) is 0 Å². The molecule has 0 N–H and O–H groups in total. The van der Waals surface area contributed by atoms with Gasteiger partial charge in [-0.05, 0) is 17.7 Å². The molecule has 0 aliphatic rings. The number of halogens is 4. The smallest absolute Gasteiger partial charge is 0.419 e. The number of alkyl halides is 3. The first-order valence-electron chi connectivity index (χ1n) is 4.29.